The number of nitrogens with two attached hydrogens (primary N) is 1. The number of esters is 1. The molecule has 0 saturated heterocycles. The van der Waals surface area contributed by atoms with Crippen molar-refractivity contribution in [2.45, 2.75) is 26.8 Å². The van der Waals surface area contributed by atoms with E-state index in [4.69, 9.17) is 10.5 Å². The molecule has 0 bridgehead atoms. The molecule has 0 radical (unpaired) electrons. The van der Waals surface area contributed by atoms with Crippen LogP contribution in [0.4, 0.5) is 13.2 Å². The predicted octanol–water partition coefficient (Wildman–Crippen LogP) is 1.92. The number of alkyl halides is 3. The lowest BCUT2D eigenvalue weighted by molar-refractivity contribution is -0.274. The van der Waals surface area contributed by atoms with E-state index in [1.165, 1.54) is 6.92 Å². The number of aromatic nitrogens is 1. The van der Waals surface area contributed by atoms with Gasteiger partial charge in [-0.05, 0) is 13.8 Å². The van der Waals surface area contributed by atoms with Gasteiger partial charge in [-0.1, -0.05) is 0 Å². The van der Waals surface area contributed by atoms with E-state index in [-0.39, 0.29) is 30.1 Å². The van der Waals surface area contributed by atoms with E-state index >= 15 is 0 Å². The van der Waals surface area contributed by atoms with Gasteiger partial charge >= 0.3 is 12.3 Å². The van der Waals surface area contributed by atoms with Crippen LogP contribution in [0, 0.1) is 6.92 Å². The van der Waals surface area contributed by atoms with Crippen molar-refractivity contribution in [2.24, 2.45) is 5.73 Å². The third-order valence-corrected chi connectivity index (χ3v) is 2.11. The number of aryl methyl sites for hydroxylation is 1. The van der Waals surface area contributed by atoms with Gasteiger partial charge in [0.25, 0.3) is 0 Å². The Morgan fingerprint density at radius 3 is 2.58 bits per heavy atom. The average molecular weight is 278 g/mol. The van der Waals surface area contributed by atoms with Crippen LogP contribution in [0.3, 0.4) is 0 Å². The number of hydrogen-bond acceptors (Lipinski definition) is 5. The summed E-state index contributed by atoms with van der Waals surface area (Å²) in [4.78, 5) is 15.5. The van der Waals surface area contributed by atoms with Crippen LogP contribution in [0.2, 0.25) is 0 Å². The van der Waals surface area contributed by atoms with Crippen LogP contribution in [0.15, 0.2) is 6.07 Å². The largest absolute Gasteiger partial charge is 0.573 e. The fourth-order valence-electron chi connectivity index (χ4n) is 1.45. The van der Waals surface area contributed by atoms with Gasteiger partial charge in [-0.3, -0.25) is 0 Å². The lowest BCUT2D eigenvalue weighted by atomic mass is 10.1. The van der Waals surface area contributed by atoms with E-state index in [0.717, 1.165) is 6.07 Å². The molecule has 0 saturated carbocycles. The van der Waals surface area contributed by atoms with Gasteiger partial charge in [0.2, 0.25) is 0 Å². The van der Waals surface area contributed by atoms with Crippen LogP contribution >= 0.6 is 0 Å². The first kappa shape index (κ1) is 15.2. The summed E-state index contributed by atoms with van der Waals surface area (Å²) in [6, 6.07) is 1.07. The Kier molecular flexibility index (Phi) is 4.71. The first-order chi connectivity index (χ1) is 8.78. The average Bonchev–Trinajstić information content (AvgIpc) is 2.26. The highest BCUT2D eigenvalue weighted by atomic mass is 19.4. The van der Waals surface area contributed by atoms with Crippen molar-refractivity contribution in [3.63, 3.8) is 0 Å². The van der Waals surface area contributed by atoms with Crippen molar-refractivity contribution in [3.8, 4) is 5.75 Å². The summed E-state index contributed by atoms with van der Waals surface area (Å²) in [5, 5.41) is 0. The SMILES string of the molecule is CCOC(=O)c1nc(C)cc(OC(F)(F)F)c1CN. The molecule has 0 spiro atoms. The molecular weight excluding hydrogens is 265 g/mol. The molecule has 0 aliphatic carbocycles. The number of carbonyl (C=O) groups excluding carboxylic acids is 1. The van der Waals surface area contributed by atoms with Crippen molar-refractivity contribution in [1.82, 2.24) is 4.98 Å². The maximum Gasteiger partial charge on any atom is 0.573 e. The third-order valence-electron chi connectivity index (χ3n) is 2.11. The summed E-state index contributed by atoms with van der Waals surface area (Å²) in [5.41, 5.74) is 5.16. The quantitative estimate of drug-likeness (QED) is 0.852. The standard InChI is InChI=1S/C11H13F3N2O3/c1-3-18-10(17)9-7(5-15)8(4-6(2)16-9)19-11(12,13)14/h4H,3,5,15H2,1-2H3. The zero-order valence-electron chi connectivity index (χ0n) is 10.4. The van der Waals surface area contributed by atoms with Crippen molar-refractivity contribution in [2.75, 3.05) is 6.61 Å². The number of ether oxygens (including phenoxy) is 2. The van der Waals surface area contributed by atoms with Crippen LogP contribution in [-0.2, 0) is 11.3 Å². The van der Waals surface area contributed by atoms with E-state index in [9.17, 15) is 18.0 Å². The molecule has 0 aliphatic heterocycles. The summed E-state index contributed by atoms with van der Waals surface area (Å²) in [7, 11) is 0. The number of pyridine rings is 1. The second-order valence-corrected chi connectivity index (χ2v) is 3.56. The fraction of sp³-hybridized carbons (Fsp3) is 0.455. The van der Waals surface area contributed by atoms with E-state index in [1.54, 1.807) is 6.92 Å². The molecule has 8 heteroatoms. The fourth-order valence-corrected chi connectivity index (χ4v) is 1.45. The molecule has 19 heavy (non-hydrogen) atoms. The lowest BCUT2D eigenvalue weighted by Crippen LogP contribution is -2.21. The summed E-state index contributed by atoms with van der Waals surface area (Å²) < 4.78 is 45.4. The Labute approximate surface area is 107 Å². The Balaban J connectivity index is 3.28. The summed E-state index contributed by atoms with van der Waals surface area (Å²) in [6.45, 7) is 2.76. The number of halogens is 3. The van der Waals surface area contributed by atoms with Crippen molar-refractivity contribution in [1.29, 1.82) is 0 Å². The zero-order chi connectivity index (χ0) is 14.6. The second-order valence-electron chi connectivity index (χ2n) is 3.56. The Morgan fingerprint density at radius 1 is 1.47 bits per heavy atom. The molecular formula is C11H13F3N2O3. The zero-order valence-corrected chi connectivity index (χ0v) is 10.4. The molecule has 5 nitrogen and oxygen atoms in total. The Bertz CT molecular complexity index is 475. The molecule has 0 atom stereocenters. The molecule has 0 amide bonds. The van der Waals surface area contributed by atoms with Gasteiger partial charge in [0.05, 0.1) is 6.61 Å². The number of nitrogens with zero attached hydrogens (tertiary/aromatic N) is 1. The van der Waals surface area contributed by atoms with Crippen LogP contribution in [0.5, 0.6) is 5.75 Å². The van der Waals surface area contributed by atoms with E-state index in [1.807, 2.05) is 0 Å². The van der Waals surface area contributed by atoms with Crippen molar-refractivity contribution < 1.29 is 27.4 Å². The number of carbonyl (C=O) groups is 1. The normalized spacial score (nSPS) is 11.3. The van der Waals surface area contributed by atoms with E-state index in [2.05, 4.69) is 9.72 Å². The molecule has 2 N–H and O–H groups in total. The topological polar surface area (TPSA) is 74.4 Å². The Morgan fingerprint density at radius 2 is 2.11 bits per heavy atom. The highest BCUT2D eigenvalue weighted by Crippen LogP contribution is 2.28. The Hall–Kier alpha value is -1.83. The minimum atomic E-state index is -4.87. The molecule has 0 aromatic carbocycles. The van der Waals surface area contributed by atoms with Crippen molar-refractivity contribution >= 4 is 5.97 Å². The van der Waals surface area contributed by atoms with Gasteiger partial charge in [0, 0.05) is 23.9 Å². The molecule has 1 rings (SSSR count). The summed E-state index contributed by atoms with van der Waals surface area (Å²) in [6.07, 6.45) is -4.87. The van der Waals surface area contributed by atoms with E-state index < -0.39 is 18.1 Å². The summed E-state index contributed by atoms with van der Waals surface area (Å²) >= 11 is 0. The highest BCUT2D eigenvalue weighted by molar-refractivity contribution is 5.89. The molecule has 0 unspecified atom stereocenters. The van der Waals surface area contributed by atoms with Crippen LogP contribution in [0.1, 0.15) is 28.7 Å². The number of hydrogen-bond donors (Lipinski definition) is 1. The predicted molar refractivity (Wildman–Crippen MR) is 59.5 cm³/mol. The van der Waals surface area contributed by atoms with Crippen LogP contribution < -0.4 is 10.5 Å². The molecule has 106 valence electrons. The first-order valence-electron chi connectivity index (χ1n) is 5.42. The molecule has 1 heterocycles. The molecule has 1 aromatic heterocycles. The smallest absolute Gasteiger partial charge is 0.461 e. The van der Waals surface area contributed by atoms with Crippen LogP contribution in [-0.4, -0.2) is 23.9 Å². The van der Waals surface area contributed by atoms with Crippen LogP contribution in [0.25, 0.3) is 0 Å². The van der Waals surface area contributed by atoms with Gasteiger partial charge in [-0.25, -0.2) is 9.78 Å². The van der Waals surface area contributed by atoms with Gasteiger partial charge < -0.3 is 15.2 Å². The maximum atomic E-state index is 12.3. The minimum Gasteiger partial charge on any atom is -0.461 e. The maximum absolute atomic E-state index is 12.3. The van der Waals surface area contributed by atoms with Gasteiger partial charge in [0.15, 0.2) is 5.69 Å². The minimum absolute atomic E-state index is 0.0773. The number of rotatable bonds is 4. The van der Waals surface area contributed by atoms with Gasteiger partial charge in [-0.15, -0.1) is 13.2 Å². The first-order valence-corrected chi connectivity index (χ1v) is 5.42. The monoisotopic (exact) mass is 278 g/mol. The van der Waals surface area contributed by atoms with Crippen molar-refractivity contribution in [3.05, 3.63) is 23.0 Å². The molecule has 0 fully saturated rings. The third kappa shape index (κ3) is 4.09. The van der Waals surface area contributed by atoms with E-state index in [0.29, 0.717) is 0 Å². The van der Waals surface area contributed by atoms with Gasteiger partial charge in [0.1, 0.15) is 5.75 Å². The molecule has 0 aliphatic rings. The molecule has 1 aromatic rings. The lowest BCUT2D eigenvalue weighted by Gasteiger charge is -2.15. The summed E-state index contributed by atoms with van der Waals surface area (Å²) in [5.74, 6) is -1.37. The highest BCUT2D eigenvalue weighted by Gasteiger charge is 2.33. The van der Waals surface area contributed by atoms with Gasteiger partial charge in [-0.2, -0.15) is 0 Å². The second kappa shape index (κ2) is 5.87.